The summed E-state index contributed by atoms with van der Waals surface area (Å²) < 4.78 is 7.13. The number of carboxylic acids is 1. The molecule has 2 aromatic heterocycles. The van der Waals surface area contributed by atoms with E-state index in [0.29, 0.717) is 46.5 Å². The number of aryl methyl sites for hydroxylation is 1. The Hall–Kier alpha value is -4.37. The predicted octanol–water partition coefficient (Wildman–Crippen LogP) is 3.38. The molecular formula is C28H30ClN7O5. The summed E-state index contributed by atoms with van der Waals surface area (Å²) >= 11 is 6.15. The number of halogens is 1. The van der Waals surface area contributed by atoms with Crippen LogP contribution in [0.4, 0.5) is 11.5 Å². The molecule has 2 saturated heterocycles. The number of nitrogens with two attached hydrogens (primary N) is 1. The van der Waals surface area contributed by atoms with Gasteiger partial charge in [-0.15, -0.1) is 0 Å². The largest absolute Gasteiger partial charge is 0.481 e. The van der Waals surface area contributed by atoms with Crippen molar-refractivity contribution in [3.63, 3.8) is 0 Å². The number of rotatable bonds is 7. The number of hydrogen-bond acceptors (Lipinski definition) is 9. The van der Waals surface area contributed by atoms with E-state index in [-0.39, 0.29) is 31.3 Å². The Morgan fingerprint density at radius 3 is 2.78 bits per heavy atom. The van der Waals surface area contributed by atoms with E-state index in [2.05, 4.69) is 6.07 Å². The van der Waals surface area contributed by atoms with Gasteiger partial charge in [-0.3, -0.25) is 14.4 Å². The van der Waals surface area contributed by atoms with Crippen molar-refractivity contribution in [1.29, 1.82) is 5.26 Å². The van der Waals surface area contributed by atoms with Gasteiger partial charge in [0.1, 0.15) is 17.8 Å². The summed E-state index contributed by atoms with van der Waals surface area (Å²) in [4.78, 5) is 44.9. The van der Waals surface area contributed by atoms with Gasteiger partial charge in [0.15, 0.2) is 5.65 Å². The average molecular weight is 580 g/mol. The first kappa shape index (κ1) is 28.2. The van der Waals surface area contributed by atoms with E-state index in [1.165, 1.54) is 0 Å². The molecule has 1 aromatic carbocycles. The summed E-state index contributed by atoms with van der Waals surface area (Å²) in [5.74, 6) is -1.88. The first-order valence-electron chi connectivity index (χ1n) is 13.4. The molecule has 41 heavy (non-hydrogen) atoms. The Bertz CT molecular complexity index is 1550. The summed E-state index contributed by atoms with van der Waals surface area (Å²) in [6, 6.07) is 8.66. The fraction of sp³-hybridized carbons (Fsp3) is 0.429. The minimum Gasteiger partial charge on any atom is -0.481 e. The number of fused-ring (bicyclic) bond motifs is 1. The van der Waals surface area contributed by atoms with Crippen molar-refractivity contribution in [2.75, 3.05) is 30.3 Å². The maximum Gasteiger partial charge on any atom is 0.306 e. The molecule has 214 valence electrons. The van der Waals surface area contributed by atoms with Crippen LogP contribution in [0.5, 0.6) is 0 Å². The van der Waals surface area contributed by atoms with Crippen molar-refractivity contribution in [3.8, 4) is 6.07 Å². The molecule has 13 heteroatoms. The number of aliphatic carboxylic acids is 1. The number of carbonyl (C=O) groups excluding carboxylic acids is 2. The van der Waals surface area contributed by atoms with Crippen LogP contribution in [-0.2, 0) is 14.3 Å². The van der Waals surface area contributed by atoms with Gasteiger partial charge in [0.05, 0.1) is 42.8 Å². The molecule has 3 N–H and O–H groups in total. The highest BCUT2D eigenvalue weighted by molar-refractivity contribution is 6.31. The minimum atomic E-state index is -1.09. The van der Waals surface area contributed by atoms with E-state index in [4.69, 9.17) is 37.3 Å². The molecular weight excluding hydrogens is 550 g/mol. The molecule has 1 amide bonds. The summed E-state index contributed by atoms with van der Waals surface area (Å²) in [5, 5.41) is 23.7. The molecule has 3 atom stereocenters. The second-order valence-electron chi connectivity index (χ2n) is 10.4. The lowest BCUT2D eigenvalue weighted by Crippen LogP contribution is -2.39. The topological polar surface area (TPSA) is 167 Å². The van der Waals surface area contributed by atoms with Gasteiger partial charge < -0.3 is 25.4 Å². The Morgan fingerprint density at radius 2 is 2.02 bits per heavy atom. The Labute approximate surface area is 241 Å². The van der Waals surface area contributed by atoms with Crippen molar-refractivity contribution in [3.05, 3.63) is 52.3 Å². The number of hydrogen-bond donors (Lipinski definition) is 2. The number of carboxylic acid groups (broad SMARTS) is 1. The summed E-state index contributed by atoms with van der Waals surface area (Å²) in [6.07, 6.45) is 3.13. The zero-order chi connectivity index (χ0) is 29.3. The maximum absolute atomic E-state index is 13.5. The van der Waals surface area contributed by atoms with Crippen LogP contribution in [0.2, 0.25) is 5.02 Å². The smallest absolute Gasteiger partial charge is 0.306 e. The number of ether oxygens (including phenoxy) is 1. The predicted molar refractivity (Wildman–Crippen MR) is 149 cm³/mol. The van der Waals surface area contributed by atoms with Gasteiger partial charge in [0, 0.05) is 41.6 Å². The highest BCUT2D eigenvalue weighted by atomic mass is 35.5. The van der Waals surface area contributed by atoms with E-state index in [1.807, 2.05) is 24.1 Å². The molecule has 2 aliphatic rings. The SMILES string of the molecule is Cc1cn2nc([C@@H]3CCCCN3C(=O)c3cc(Cl)ccc3N)cc2nc1N1C[C@@H](C#N)[C@@H](OC(=O)CCC(=O)O)C1. The van der Waals surface area contributed by atoms with Gasteiger partial charge in [-0.05, 0) is 44.4 Å². The zero-order valence-corrected chi connectivity index (χ0v) is 23.3. The van der Waals surface area contributed by atoms with Crippen LogP contribution in [0.25, 0.3) is 5.65 Å². The molecule has 3 aromatic rings. The molecule has 12 nitrogen and oxygen atoms in total. The fourth-order valence-electron chi connectivity index (χ4n) is 5.48. The lowest BCUT2D eigenvalue weighted by Gasteiger charge is -2.35. The quantitative estimate of drug-likeness (QED) is 0.313. The number of nitrogen functional groups attached to an aromatic ring is 1. The van der Waals surface area contributed by atoms with Crippen LogP contribution in [0, 0.1) is 24.2 Å². The summed E-state index contributed by atoms with van der Waals surface area (Å²) in [7, 11) is 0. The molecule has 5 rings (SSSR count). The van der Waals surface area contributed by atoms with Crippen LogP contribution in [0.3, 0.4) is 0 Å². The van der Waals surface area contributed by atoms with E-state index >= 15 is 0 Å². The van der Waals surface area contributed by atoms with Crippen LogP contribution in [-0.4, -0.2) is 68.2 Å². The van der Waals surface area contributed by atoms with E-state index < -0.39 is 24.0 Å². The minimum absolute atomic E-state index is 0.194. The second-order valence-corrected chi connectivity index (χ2v) is 10.9. The van der Waals surface area contributed by atoms with Crippen molar-refractivity contribution in [1.82, 2.24) is 19.5 Å². The maximum atomic E-state index is 13.5. The third-order valence-electron chi connectivity index (χ3n) is 7.53. The number of benzene rings is 1. The van der Waals surface area contributed by atoms with Crippen molar-refractivity contribution >= 4 is 46.6 Å². The van der Waals surface area contributed by atoms with E-state index in [0.717, 1.165) is 24.8 Å². The normalized spacial score (nSPS) is 20.7. The van der Waals surface area contributed by atoms with Crippen LogP contribution in [0.15, 0.2) is 30.5 Å². The first-order valence-corrected chi connectivity index (χ1v) is 13.8. The highest BCUT2D eigenvalue weighted by Gasteiger charge is 2.37. The number of esters is 1. The molecule has 0 spiro atoms. The molecule has 2 fully saturated rings. The van der Waals surface area contributed by atoms with Gasteiger partial charge in [-0.2, -0.15) is 10.4 Å². The lowest BCUT2D eigenvalue weighted by molar-refractivity contribution is -0.152. The van der Waals surface area contributed by atoms with Gasteiger partial charge in [-0.25, -0.2) is 9.50 Å². The Morgan fingerprint density at radius 1 is 1.22 bits per heavy atom. The first-order chi connectivity index (χ1) is 19.6. The van der Waals surface area contributed by atoms with E-state index in [1.54, 1.807) is 27.6 Å². The molecule has 0 aliphatic carbocycles. The monoisotopic (exact) mass is 579 g/mol. The van der Waals surface area contributed by atoms with Gasteiger partial charge in [-0.1, -0.05) is 11.6 Å². The number of amides is 1. The third kappa shape index (κ3) is 5.90. The number of nitrogens with zero attached hydrogens (tertiary/aromatic N) is 6. The summed E-state index contributed by atoms with van der Waals surface area (Å²) in [5.41, 5.74) is 8.94. The average Bonchev–Trinajstić information content (AvgIpc) is 3.55. The second kappa shape index (κ2) is 11.6. The van der Waals surface area contributed by atoms with Gasteiger partial charge >= 0.3 is 11.9 Å². The van der Waals surface area contributed by atoms with Gasteiger partial charge in [0.25, 0.3) is 5.91 Å². The number of likely N-dealkylation sites (tertiary alicyclic amines) is 1. The molecule has 2 aliphatic heterocycles. The lowest BCUT2D eigenvalue weighted by atomic mass is 9.98. The third-order valence-corrected chi connectivity index (χ3v) is 7.77. The molecule has 4 heterocycles. The number of carbonyl (C=O) groups is 3. The van der Waals surface area contributed by atoms with Gasteiger partial charge in [0.2, 0.25) is 0 Å². The number of aromatic nitrogens is 3. The number of piperidine rings is 1. The van der Waals surface area contributed by atoms with Crippen molar-refractivity contribution in [2.45, 2.75) is 51.2 Å². The fourth-order valence-corrected chi connectivity index (χ4v) is 5.65. The zero-order valence-electron chi connectivity index (χ0n) is 22.5. The van der Waals surface area contributed by atoms with Crippen LogP contribution >= 0.6 is 11.6 Å². The Balaban J connectivity index is 1.38. The Kier molecular flexibility index (Phi) is 7.99. The molecule has 0 saturated carbocycles. The molecule has 0 bridgehead atoms. The van der Waals surface area contributed by atoms with Crippen molar-refractivity contribution < 1.29 is 24.2 Å². The molecule has 0 unspecified atom stereocenters. The van der Waals surface area contributed by atoms with Crippen LogP contribution < -0.4 is 10.6 Å². The number of nitriles is 1. The van der Waals surface area contributed by atoms with Crippen LogP contribution in [0.1, 0.15) is 59.8 Å². The summed E-state index contributed by atoms with van der Waals surface area (Å²) in [6.45, 7) is 3.02. The van der Waals surface area contributed by atoms with Crippen molar-refractivity contribution in [2.24, 2.45) is 5.92 Å². The number of anilines is 2. The highest BCUT2D eigenvalue weighted by Crippen LogP contribution is 2.34. The standard InChI is InChI=1S/C28H30ClN7O5/c1-16-13-36-24(32-27(16)34-14-17(12-30)23(15-34)41-26(39)8-7-25(37)38)11-21(33-36)22-4-2-3-9-35(22)28(40)19-10-18(29)5-6-20(19)31/h5-6,10-11,13,17,22-23H,2-4,7-9,14-15,31H2,1H3,(H,37,38)/t17-,22+,23+/m1/s1. The molecule has 0 radical (unpaired) electrons. The van der Waals surface area contributed by atoms with E-state index in [9.17, 15) is 19.6 Å².